The Morgan fingerprint density at radius 3 is 2.76 bits per heavy atom. The summed E-state index contributed by atoms with van der Waals surface area (Å²) in [5, 5.41) is 3.90. The molecule has 1 aliphatic rings. The first kappa shape index (κ1) is 16.4. The summed E-state index contributed by atoms with van der Waals surface area (Å²) >= 11 is 1.89. The van der Waals surface area contributed by atoms with Gasteiger partial charge in [0.15, 0.2) is 0 Å². The molecular weight excluding hydrogens is 282 g/mol. The van der Waals surface area contributed by atoms with E-state index in [1.165, 1.54) is 17.6 Å². The summed E-state index contributed by atoms with van der Waals surface area (Å²) in [5.41, 5.74) is 0.790. The van der Waals surface area contributed by atoms with Crippen LogP contribution in [0.5, 0.6) is 0 Å². The minimum Gasteiger partial charge on any atom is -0.468 e. The van der Waals surface area contributed by atoms with E-state index >= 15 is 0 Å². The van der Waals surface area contributed by atoms with Crippen LogP contribution in [-0.4, -0.2) is 29.9 Å². The van der Waals surface area contributed by atoms with E-state index in [0.717, 1.165) is 19.3 Å². The van der Waals surface area contributed by atoms with Crippen LogP contribution in [0.25, 0.3) is 0 Å². The third-order valence-corrected chi connectivity index (χ3v) is 5.45. The van der Waals surface area contributed by atoms with Gasteiger partial charge in [0, 0.05) is 16.2 Å². The molecular formula is C17H25NO2S. The summed E-state index contributed by atoms with van der Waals surface area (Å²) in [7, 11) is 1.48. The van der Waals surface area contributed by atoms with Gasteiger partial charge < -0.3 is 4.74 Å². The molecule has 3 nitrogen and oxygen atoms in total. The fourth-order valence-electron chi connectivity index (χ4n) is 3.09. The van der Waals surface area contributed by atoms with Crippen molar-refractivity contribution in [1.29, 1.82) is 0 Å². The average molecular weight is 307 g/mol. The Bertz CT molecular complexity index is 503. The monoisotopic (exact) mass is 307 g/mol. The van der Waals surface area contributed by atoms with Gasteiger partial charge in [0.05, 0.1) is 7.11 Å². The highest BCUT2D eigenvalue weighted by Gasteiger charge is 2.46. The van der Waals surface area contributed by atoms with Crippen molar-refractivity contribution in [2.75, 3.05) is 7.11 Å². The van der Waals surface area contributed by atoms with Crippen molar-refractivity contribution in [3.63, 3.8) is 0 Å². The highest BCUT2D eigenvalue weighted by molar-refractivity contribution is 8.00. The molecule has 2 rings (SSSR count). The predicted octanol–water partition coefficient (Wildman–Crippen LogP) is 3.55. The molecule has 1 aliphatic carbocycles. The zero-order valence-corrected chi connectivity index (χ0v) is 14.1. The highest BCUT2D eigenvalue weighted by atomic mass is 32.2. The Kier molecular flexibility index (Phi) is 5.33. The highest BCUT2D eigenvalue weighted by Crippen LogP contribution is 2.41. The standard InChI is InChI=1S/C17H25NO2S/c1-12(2)18-17(16(19)20-4)10-9-14(11-17)21-15-8-6-5-7-13(15)3/h5-8,12,14,18H,9-11H2,1-4H3. The lowest BCUT2D eigenvalue weighted by molar-refractivity contribution is -0.148. The summed E-state index contributed by atoms with van der Waals surface area (Å²) in [4.78, 5) is 13.6. The Morgan fingerprint density at radius 2 is 2.14 bits per heavy atom. The Labute approximate surface area is 131 Å². The molecule has 0 amide bonds. The number of thioether (sulfide) groups is 1. The summed E-state index contributed by atoms with van der Waals surface area (Å²) < 4.78 is 5.05. The van der Waals surface area contributed by atoms with Crippen LogP contribution in [0.1, 0.15) is 38.7 Å². The molecule has 0 aliphatic heterocycles. The lowest BCUT2D eigenvalue weighted by atomic mass is 9.96. The first-order valence-electron chi connectivity index (χ1n) is 7.55. The molecule has 4 heteroatoms. The third-order valence-electron chi connectivity index (χ3n) is 4.00. The van der Waals surface area contributed by atoms with E-state index in [1.807, 2.05) is 11.8 Å². The number of carbonyl (C=O) groups is 1. The van der Waals surface area contributed by atoms with E-state index in [-0.39, 0.29) is 12.0 Å². The minimum absolute atomic E-state index is 0.121. The zero-order chi connectivity index (χ0) is 15.5. The molecule has 0 bridgehead atoms. The molecule has 2 unspecified atom stereocenters. The van der Waals surface area contributed by atoms with Gasteiger partial charge in [-0.05, 0) is 51.7 Å². The fourth-order valence-corrected chi connectivity index (χ4v) is 4.47. The van der Waals surface area contributed by atoms with Gasteiger partial charge in [-0.25, -0.2) is 0 Å². The van der Waals surface area contributed by atoms with Gasteiger partial charge in [-0.2, -0.15) is 0 Å². The molecule has 0 aromatic heterocycles. The van der Waals surface area contributed by atoms with Crippen molar-refractivity contribution in [2.24, 2.45) is 0 Å². The molecule has 0 saturated heterocycles. The van der Waals surface area contributed by atoms with Crippen LogP contribution in [-0.2, 0) is 9.53 Å². The van der Waals surface area contributed by atoms with E-state index in [4.69, 9.17) is 4.74 Å². The Balaban J connectivity index is 2.09. The topological polar surface area (TPSA) is 38.3 Å². The summed E-state index contributed by atoms with van der Waals surface area (Å²) in [6.45, 7) is 6.29. The first-order valence-corrected chi connectivity index (χ1v) is 8.43. The van der Waals surface area contributed by atoms with Crippen molar-refractivity contribution in [1.82, 2.24) is 5.32 Å². The number of hydrogen-bond donors (Lipinski definition) is 1. The second-order valence-electron chi connectivity index (χ2n) is 6.12. The smallest absolute Gasteiger partial charge is 0.326 e. The molecule has 116 valence electrons. The maximum Gasteiger partial charge on any atom is 0.326 e. The van der Waals surface area contributed by atoms with Crippen molar-refractivity contribution in [3.8, 4) is 0 Å². The molecule has 0 spiro atoms. The van der Waals surface area contributed by atoms with Crippen LogP contribution >= 0.6 is 11.8 Å². The number of nitrogens with one attached hydrogen (secondary N) is 1. The van der Waals surface area contributed by atoms with Gasteiger partial charge in [0.25, 0.3) is 0 Å². The first-order chi connectivity index (χ1) is 9.97. The number of carbonyl (C=O) groups excluding carboxylic acids is 1. The van der Waals surface area contributed by atoms with Crippen molar-refractivity contribution in [3.05, 3.63) is 29.8 Å². The van der Waals surface area contributed by atoms with Gasteiger partial charge in [-0.1, -0.05) is 18.2 Å². The van der Waals surface area contributed by atoms with Gasteiger partial charge in [0.1, 0.15) is 5.54 Å². The van der Waals surface area contributed by atoms with Crippen LogP contribution in [0, 0.1) is 6.92 Å². The molecule has 0 heterocycles. The number of rotatable bonds is 5. The number of benzene rings is 1. The molecule has 21 heavy (non-hydrogen) atoms. The van der Waals surface area contributed by atoms with Gasteiger partial charge in [-0.3, -0.25) is 10.1 Å². The van der Waals surface area contributed by atoms with Crippen LogP contribution in [0.15, 0.2) is 29.2 Å². The number of ether oxygens (including phenoxy) is 1. The van der Waals surface area contributed by atoms with Crippen molar-refractivity contribution < 1.29 is 9.53 Å². The third kappa shape index (κ3) is 3.80. The molecule has 1 fully saturated rings. The summed E-state index contributed by atoms with van der Waals surface area (Å²) in [5.74, 6) is -0.121. The molecule has 1 aromatic rings. The predicted molar refractivity (Wildman–Crippen MR) is 87.7 cm³/mol. The van der Waals surface area contributed by atoms with Crippen LogP contribution < -0.4 is 5.32 Å². The van der Waals surface area contributed by atoms with E-state index in [1.54, 1.807) is 0 Å². The Morgan fingerprint density at radius 1 is 1.43 bits per heavy atom. The van der Waals surface area contributed by atoms with Gasteiger partial charge in [0.2, 0.25) is 0 Å². The van der Waals surface area contributed by atoms with Crippen LogP contribution in [0.4, 0.5) is 0 Å². The zero-order valence-electron chi connectivity index (χ0n) is 13.3. The lowest BCUT2D eigenvalue weighted by Crippen LogP contribution is -2.53. The quantitative estimate of drug-likeness (QED) is 0.844. The maximum atomic E-state index is 12.2. The molecule has 0 radical (unpaired) electrons. The van der Waals surface area contributed by atoms with Crippen LogP contribution in [0.3, 0.4) is 0 Å². The number of aryl methyl sites for hydroxylation is 1. The maximum absolute atomic E-state index is 12.2. The summed E-state index contributed by atoms with van der Waals surface area (Å²) in [6.07, 6.45) is 2.71. The number of esters is 1. The van der Waals surface area contributed by atoms with E-state index in [2.05, 4.69) is 50.4 Å². The van der Waals surface area contributed by atoms with E-state index in [9.17, 15) is 4.79 Å². The average Bonchev–Trinajstić information content (AvgIpc) is 2.84. The molecule has 1 N–H and O–H groups in total. The molecule has 2 atom stereocenters. The Hall–Kier alpha value is -1.00. The van der Waals surface area contributed by atoms with Gasteiger partial charge in [-0.15, -0.1) is 11.8 Å². The van der Waals surface area contributed by atoms with E-state index in [0.29, 0.717) is 5.25 Å². The van der Waals surface area contributed by atoms with Crippen molar-refractivity contribution in [2.45, 2.75) is 61.8 Å². The fraction of sp³-hybridized carbons (Fsp3) is 0.588. The van der Waals surface area contributed by atoms with Crippen molar-refractivity contribution >= 4 is 17.7 Å². The number of hydrogen-bond acceptors (Lipinski definition) is 4. The molecule has 1 aromatic carbocycles. The largest absolute Gasteiger partial charge is 0.468 e. The SMILES string of the molecule is COC(=O)C1(NC(C)C)CCC(Sc2ccccc2C)C1. The molecule has 1 saturated carbocycles. The summed E-state index contributed by atoms with van der Waals surface area (Å²) in [6, 6.07) is 8.70. The normalized spacial score (nSPS) is 25.3. The van der Waals surface area contributed by atoms with Crippen LogP contribution in [0.2, 0.25) is 0 Å². The second-order valence-corrected chi connectivity index (χ2v) is 7.46. The lowest BCUT2D eigenvalue weighted by Gasteiger charge is -2.30. The minimum atomic E-state index is -0.511. The van der Waals surface area contributed by atoms with Gasteiger partial charge >= 0.3 is 5.97 Å². The van der Waals surface area contributed by atoms with E-state index < -0.39 is 5.54 Å². The number of methoxy groups -OCH3 is 1. The second kappa shape index (κ2) is 6.84.